The Morgan fingerprint density at radius 1 is 1.43 bits per heavy atom. The molecule has 0 spiro atoms. The molecule has 1 amide bonds. The molecule has 6 nitrogen and oxygen atoms in total. The van der Waals surface area contributed by atoms with E-state index in [-0.39, 0.29) is 22.2 Å². The van der Waals surface area contributed by atoms with Crippen LogP contribution in [0.4, 0.5) is 10.1 Å². The Balaban J connectivity index is 2.37. The van der Waals surface area contributed by atoms with Gasteiger partial charge in [0.2, 0.25) is 0 Å². The van der Waals surface area contributed by atoms with Crippen LogP contribution in [0.2, 0.25) is 0 Å². The van der Waals surface area contributed by atoms with Crippen LogP contribution in [0.3, 0.4) is 0 Å². The largest absolute Gasteiger partial charge is 0.372 e. The number of benzene rings is 1. The van der Waals surface area contributed by atoms with Crippen molar-refractivity contribution in [1.29, 1.82) is 0 Å². The van der Waals surface area contributed by atoms with Crippen molar-refractivity contribution >= 4 is 27.5 Å². The predicted molar refractivity (Wildman–Crippen MR) is 76.7 cm³/mol. The first-order chi connectivity index (χ1) is 9.79. The van der Waals surface area contributed by atoms with Crippen LogP contribution >= 0.6 is 15.9 Å². The van der Waals surface area contributed by atoms with Crippen molar-refractivity contribution in [3.63, 3.8) is 0 Å². The van der Waals surface area contributed by atoms with Crippen molar-refractivity contribution in [3.8, 4) is 0 Å². The number of carbonyl (C=O) groups is 1. The molecule has 1 aromatic rings. The third-order valence-corrected chi connectivity index (χ3v) is 3.99. The number of ether oxygens (including phenoxy) is 1. The Labute approximate surface area is 129 Å². The average Bonchev–Trinajstić information content (AvgIpc) is 2.38. The van der Waals surface area contributed by atoms with E-state index in [4.69, 9.17) is 4.74 Å². The monoisotopic (exact) mass is 360 g/mol. The fourth-order valence-electron chi connectivity index (χ4n) is 2.38. The van der Waals surface area contributed by atoms with Crippen LogP contribution in [0, 0.1) is 15.9 Å². The van der Waals surface area contributed by atoms with E-state index in [1.54, 1.807) is 0 Å². The van der Waals surface area contributed by atoms with Gasteiger partial charge in [0.1, 0.15) is 10.3 Å². The van der Waals surface area contributed by atoms with Crippen LogP contribution in [0.5, 0.6) is 0 Å². The second-order valence-corrected chi connectivity index (χ2v) is 5.80. The lowest BCUT2D eigenvalue weighted by atomic mass is 10.1. The zero-order valence-corrected chi connectivity index (χ0v) is 13.1. The van der Waals surface area contributed by atoms with E-state index in [0.717, 1.165) is 12.1 Å². The number of halogens is 2. The Bertz CT molecular complexity index is 586. The molecule has 1 saturated heterocycles. The molecule has 0 radical (unpaired) electrons. The summed E-state index contributed by atoms with van der Waals surface area (Å²) in [6.45, 7) is 4.39. The van der Waals surface area contributed by atoms with E-state index in [1.807, 2.05) is 13.8 Å². The summed E-state index contributed by atoms with van der Waals surface area (Å²) in [5, 5.41) is 10.9. The van der Waals surface area contributed by atoms with E-state index < -0.39 is 22.3 Å². The molecule has 114 valence electrons. The highest BCUT2D eigenvalue weighted by Crippen LogP contribution is 2.31. The van der Waals surface area contributed by atoms with Crippen molar-refractivity contribution in [1.82, 2.24) is 4.90 Å². The molecule has 2 rings (SSSR count). The second-order valence-electron chi connectivity index (χ2n) is 5.01. The van der Waals surface area contributed by atoms with Gasteiger partial charge >= 0.3 is 0 Å². The lowest BCUT2D eigenvalue weighted by Gasteiger charge is -2.35. The Hall–Kier alpha value is -1.54. The van der Waals surface area contributed by atoms with E-state index in [2.05, 4.69) is 15.9 Å². The van der Waals surface area contributed by atoms with Gasteiger partial charge in [-0.3, -0.25) is 14.9 Å². The molecule has 1 fully saturated rings. The zero-order valence-electron chi connectivity index (χ0n) is 11.5. The van der Waals surface area contributed by atoms with Gasteiger partial charge in [0.25, 0.3) is 11.6 Å². The fraction of sp³-hybridized carbons (Fsp3) is 0.462. The summed E-state index contributed by atoms with van der Waals surface area (Å²) in [5.74, 6) is -1.27. The van der Waals surface area contributed by atoms with Crippen molar-refractivity contribution in [2.24, 2.45) is 0 Å². The van der Waals surface area contributed by atoms with Crippen molar-refractivity contribution in [2.75, 3.05) is 13.1 Å². The molecule has 1 aliphatic heterocycles. The van der Waals surface area contributed by atoms with Crippen LogP contribution in [-0.2, 0) is 4.74 Å². The second kappa shape index (κ2) is 6.07. The molecule has 0 unspecified atom stereocenters. The van der Waals surface area contributed by atoms with Crippen LogP contribution in [-0.4, -0.2) is 41.0 Å². The number of hydrogen-bond acceptors (Lipinski definition) is 4. The van der Waals surface area contributed by atoms with Gasteiger partial charge in [-0.15, -0.1) is 0 Å². The highest BCUT2D eigenvalue weighted by atomic mass is 79.9. The standard InChI is InChI=1S/C13H14BrFN2O4/c1-7-5-16(6-8(2)21-7)13(18)10-3-9(15)4-11(12(10)14)17(19)20/h3-4,7-8H,5-6H2,1-2H3/t7-,8+. The minimum absolute atomic E-state index is 0.00861. The number of carbonyl (C=O) groups excluding carboxylic acids is 1. The van der Waals surface area contributed by atoms with E-state index in [1.165, 1.54) is 4.90 Å². The maximum Gasteiger partial charge on any atom is 0.287 e. The fourth-order valence-corrected chi connectivity index (χ4v) is 2.92. The van der Waals surface area contributed by atoms with E-state index in [0.29, 0.717) is 13.1 Å². The van der Waals surface area contributed by atoms with Crippen molar-refractivity contribution < 1.29 is 18.8 Å². The van der Waals surface area contributed by atoms with E-state index >= 15 is 0 Å². The van der Waals surface area contributed by atoms with Gasteiger partial charge in [-0.1, -0.05) is 0 Å². The predicted octanol–water partition coefficient (Wildman–Crippen LogP) is 2.75. The average molecular weight is 361 g/mol. The van der Waals surface area contributed by atoms with Gasteiger partial charge in [-0.05, 0) is 35.8 Å². The first kappa shape index (κ1) is 15.8. The molecule has 1 aromatic carbocycles. The number of nitro benzene ring substituents is 1. The number of amides is 1. The lowest BCUT2D eigenvalue weighted by molar-refractivity contribution is -0.385. The van der Waals surface area contributed by atoms with Gasteiger partial charge in [-0.25, -0.2) is 4.39 Å². The van der Waals surface area contributed by atoms with Crippen LogP contribution in [0.25, 0.3) is 0 Å². The zero-order chi connectivity index (χ0) is 15.7. The maximum absolute atomic E-state index is 13.5. The van der Waals surface area contributed by atoms with E-state index in [9.17, 15) is 19.3 Å². The first-order valence-electron chi connectivity index (χ1n) is 6.37. The third kappa shape index (κ3) is 3.38. The molecule has 0 saturated carbocycles. The number of morpholine rings is 1. The SMILES string of the molecule is C[C@@H]1CN(C(=O)c2cc(F)cc([N+](=O)[O-])c2Br)C[C@H](C)O1. The van der Waals surface area contributed by atoms with Crippen LogP contribution in [0.1, 0.15) is 24.2 Å². The molecule has 0 aromatic heterocycles. The molecule has 1 aliphatic rings. The highest BCUT2D eigenvalue weighted by molar-refractivity contribution is 9.10. The summed E-state index contributed by atoms with van der Waals surface area (Å²) in [5.41, 5.74) is -0.518. The smallest absolute Gasteiger partial charge is 0.287 e. The molecule has 0 N–H and O–H groups in total. The topological polar surface area (TPSA) is 72.7 Å². The number of nitrogens with zero attached hydrogens (tertiary/aromatic N) is 2. The quantitative estimate of drug-likeness (QED) is 0.600. The van der Waals surface area contributed by atoms with Gasteiger partial charge in [0.15, 0.2) is 0 Å². The number of rotatable bonds is 2. The maximum atomic E-state index is 13.5. The molecule has 0 aliphatic carbocycles. The Morgan fingerprint density at radius 2 is 2.00 bits per heavy atom. The molecular formula is C13H14BrFN2O4. The minimum Gasteiger partial charge on any atom is -0.372 e. The van der Waals surface area contributed by atoms with Crippen molar-refractivity contribution in [2.45, 2.75) is 26.1 Å². The Kier molecular flexibility index (Phi) is 4.58. The first-order valence-corrected chi connectivity index (χ1v) is 7.17. The summed E-state index contributed by atoms with van der Waals surface area (Å²) in [6.07, 6.45) is -0.278. The molecule has 8 heteroatoms. The molecule has 2 atom stereocenters. The Morgan fingerprint density at radius 3 is 2.52 bits per heavy atom. The molecule has 1 heterocycles. The number of nitro groups is 1. The van der Waals surface area contributed by atoms with Crippen molar-refractivity contribution in [3.05, 3.63) is 38.1 Å². The third-order valence-electron chi connectivity index (χ3n) is 3.15. The summed E-state index contributed by atoms with van der Waals surface area (Å²) >= 11 is 3.03. The van der Waals surface area contributed by atoms with Crippen LogP contribution < -0.4 is 0 Å². The normalized spacial score (nSPS) is 22.2. The molecular weight excluding hydrogens is 347 g/mol. The summed E-state index contributed by atoms with van der Waals surface area (Å²) < 4.78 is 19.0. The van der Waals surface area contributed by atoms with Gasteiger partial charge in [0.05, 0.1) is 28.8 Å². The van der Waals surface area contributed by atoms with Gasteiger partial charge < -0.3 is 9.64 Å². The number of hydrogen-bond donors (Lipinski definition) is 0. The minimum atomic E-state index is -0.817. The van der Waals surface area contributed by atoms with Gasteiger partial charge in [-0.2, -0.15) is 0 Å². The summed E-state index contributed by atoms with van der Waals surface area (Å²) in [4.78, 5) is 24.2. The summed E-state index contributed by atoms with van der Waals surface area (Å²) in [6, 6.07) is 1.79. The summed E-state index contributed by atoms with van der Waals surface area (Å²) in [7, 11) is 0. The molecule has 0 bridgehead atoms. The lowest BCUT2D eigenvalue weighted by Crippen LogP contribution is -2.48. The highest BCUT2D eigenvalue weighted by Gasteiger charge is 2.30. The molecule has 21 heavy (non-hydrogen) atoms. The van der Waals surface area contributed by atoms with Crippen LogP contribution in [0.15, 0.2) is 16.6 Å². The van der Waals surface area contributed by atoms with Gasteiger partial charge in [0, 0.05) is 13.1 Å².